The number of rotatable bonds is 16. The van der Waals surface area contributed by atoms with Crippen LogP contribution in [0.5, 0.6) is 5.75 Å². The SMILES string of the molecule is C=CCN(C)CCCCCCOc1ccc(C(=O)c2ccc(Br)cc2)c(F)c1.CN[C@H]1CC[C@@H](c2ccc(Cl)c(Cl)c2)c2ccccc21.O=C(O)/C=C/C(=O)O. The zero-order valence-corrected chi connectivity index (χ0v) is 34.6. The van der Waals surface area contributed by atoms with E-state index in [1.54, 1.807) is 30.3 Å². The average molecular weight is 871 g/mol. The Morgan fingerprint density at radius 3 is 2.16 bits per heavy atom. The van der Waals surface area contributed by atoms with Gasteiger partial charge in [-0.05, 0) is 112 Å². The van der Waals surface area contributed by atoms with Gasteiger partial charge in [-0.15, -0.1) is 6.58 Å². The molecule has 0 unspecified atom stereocenters. The van der Waals surface area contributed by atoms with Gasteiger partial charge in [0.15, 0.2) is 5.78 Å². The number of ether oxygens (including phenoxy) is 1. The molecule has 298 valence electrons. The van der Waals surface area contributed by atoms with Gasteiger partial charge >= 0.3 is 11.9 Å². The number of carboxylic acid groups (broad SMARTS) is 2. The third kappa shape index (κ3) is 15.3. The highest BCUT2D eigenvalue weighted by Gasteiger charge is 2.27. The van der Waals surface area contributed by atoms with E-state index in [9.17, 15) is 18.8 Å². The first-order valence-corrected chi connectivity index (χ1v) is 19.8. The van der Waals surface area contributed by atoms with E-state index in [2.05, 4.69) is 70.1 Å². The minimum atomic E-state index is -1.26. The summed E-state index contributed by atoms with van der Waals surface area (Å²) in [5, 5.41) is 20.3. The summed E-state index contributed by atoms with van der Waals surface area (Å²) in [6.45, 7) is 6.25. The monoisotopic (exact) mass is 868 g/mol. The van der Waals surface area contributed by atoms with Crippen molar-refractivity contribution in [3.63, 3.8) is 0 Å². The van der Waals surface area contributed by atoms with E-state index in [0.717, 1.165) is 56.1 Å². The van der Waals surface area contributed by atoms with Crippen LogP contribution in [0.15, 0.2) is 114 Å². The fourth-order valence-corrected chi connectivity index (χ4v) is 6.74. The number of carbonyl (C=O) groups is 3. The van der Waals surface area contributed by atoms with Gasteiger partial charge in [-0.1, -0.05) is 88.4 Å². The summed E-state index contributed by atoms with van der Waals surface area (Å²) in [4.78, 5) is 33.8. The van der Waals surface area contributed by atoms with Crippen LogP contribution in [0.1, 0.15) is 83.1 Å². The zero-order valence-electron chi connectivity index (χ0n) is 31.5. The van der Waals surface area contributed by atoms with Crippen LogP contribution in [0, 0.1) is 5.82 Å². The minimum Gasteiger partial charge on any atom is -0.493 e. The van der Waals surface area contributed by atoms with Crippen molar-refractivity contribution in [1.29, 1.82) is 0 Å². The normalized spacial score (nSPS) is 14.5. The Kier molecular flexibility index (Phi) is 20.0. The van der Waals surface area contributed by atoms with Crippen LogP contribution in [0.3, 0.4) is 0 Å². The van der Waals surface area contributed by atoms with Crippen molar-refractivity contribution < 1.29 is 33.7 Å². The van der Waals surface area contributed by atoms with Crippen LogP contribution in [-0.4, -0.2) is 66.6 Å². The number of hydrogen-bond donors (Lipinski definition) is 3. The Morgan fingerprint density at radius 1 is 0.893 bits per heavy atom. The Morgan fingerprint density at radius 2 is 1.55 bits per heavy atom. The second kappa shape index (κ2) is 24.3. The highest BCUT2D eigenvalue weighted by atomic mass is 79.9. The fourth-order valence-electron chi connectivity index (χ4n) is 6.17. The van der Waals surface area contributed by atoms with Gasteiger partial charge in [-0.2, -0.15) is 0 Å². The van der Waals surface area contributed by atoms with E-state index >= 15 is 0 Å². The molecule has 0 radical (unpaired) electrons. The molecule has 3 N–H and O–H groups in total. The summed E-state index contributed by atoms with van der Waals surface area (Å²) in [5.74, 6) is -2.55. The second-order valence-corrected chi connectivity index (χ2v) is 14.8. The minimum absolute atomic E-state index is 0.0540. The number of benzene rings is 4. The number of hydrogen-bond acceptors (Lipinski definition) is 6. The molecular formula is C44H48BrCl2FN2O6. The highest BCUT2D eigenvalue weighted by Crippen LogP contribution is 2.42. The summed E-state index contributed by atoms with van der Waals surface area (Å²) in [6.07, 6.45) is 9.57. The van der Waals surface area contributed by atoms with Gasteiger partial charge in [0.25, 0.3) is 0 Å². The van der Waals surface area contributed by atoms with Crippen molar-refractivity contribution >= 4 is 56.9 Å². The first-order chi connectivity index (χ1) is 26.8. The molecule has 0 fully saturated rings. The van der Waals surface area contributed by atoms with Gasteiger partial charge in [-0.3, -0.25) is 4.79 Å². The topological polar surface area (TPSA) is 116 Å². The maximum Gasteiger partial charge on any atom is 0.328 e. The van der Waals surface area contributed by atoms with Crippen LogP contribution >= 0.6 is 39.1 Å². The molecule has 56 heavy (non-hydrogen) atoms. The lowest BCUT2D eigenvalue weighted by atomic mass is 9.77. The van der Waals surface area contributed by atoms with E-state index in [-0.39, 0.29) is 11.3 Å². The summed E-state index contributed by atoms with van der Waals surface area (Å²) < 4.78 is 20.9. The molecule has 1 aliphatic carbocycles. The number of nitrogens with one attached hydrogen (secondary N) is 1. The molecule has 4 aromatic rings. The van der Waals surface area contributed by atoms with E-state index in [4.69, 9.17) is 38.2 Å². The van der Waals surface area contributed by atoms with Gasteiger partial charge in [0.05, 0.1) is 22.2 Å². The number of carbonyl (C=O) groups excluding carboxylic acids is 1. The van der Waals surface area contributed by atoms with E-state index in [1.807, 2.05) is 25.3 Å². The van der Waals surface area contributed by atoms with Crippen molar-refractivity contribution in [2.75, 3.05) is 33.8 Å². The summed E-state index contributed by atoms with van der Waals surface area (Å²) >= 11 is 15.5. The van der Waals surface area contributed by atoms with Crippen molar-refractivity contribution in [1.82, 2.24) is 10.2 Å². The smallest absolute Gasteiger partial charge is 0.328 e. The molecule has 0 amide bonds. The summed E-state index contributed by atoms with van der Waals surface area (Å²) in [5.41, 5.74) is 4.56. The van der Waals surface area contributed by atoms with Gasteiger partial charge in [0.2, 0.25) is 0 Å². The fraction of sp³-hybridized carbons (Fsp3) is 0.295. The maximum atomic E-state index is 14.4. The lowest BCUT2D eigenvalue weighted by Gasteiger charge is -2.32. The molecule has 0 spiro atoms. The lowest BCUT2D eigenvalue weighted by Crippen LogP contribution is -2.24. The van der Waals surface area contributed by atoms with Gasteiger partial charge in [0, 0.05) is 46.8 Å². The predicted octanol–water partition coefficient (Wildman–Crippen LogP) is 10.8. The molecule has 1 aliphatic rings. The van der Waals surface area contributed by atoms with Crippen molar-refractivity contribution in [2.24, 2.45) is 0 Å². The zero-order chi connectivity index (χ0) is 41.0. The van der Waals surface area contributed by atoms with Crippen molar-refractivity contribution in [2.45, 2.75) is 50.5 Å². The van der Waals surface area contributed by atoms with E-state index in [0.29, 0.717) is 52.1 Å². The number of nitrogens with zero attached hydrogens (tertiary/aromatic N) is 1. The summed E-state index contributed by atoms with van der Waals surface area (Å²) in [6, 6.07) is 26.4. The number of likely N-dealkylation sites (N-methyl/N-ethyl adjacent to an activating group) is 1. The maximum absolute atomic E-state index is 14.4. The molecule has 0 heterocycles. The third-order valence-electron chi connectivity index (χ3n) is 8.99. The quantitative estimate of drug-likeness (QED) is 0.0441. The second-order valence-electron chi connectivity index (χ2n) is 13.1. The molecule has 2 atom stereocenters. The van der Waals surface area contributed by atoms with Crippen LogP contribution in [0.2, 0.25) is 10.0 Å². The number of fused-ring (bicyclic) bond motifs is 1. The molecular weight excluding hydrogens is 822 g/mol. The number of carboxylic acids is 2. The molecule has 8 nitrogen and oxygen atoms in total. The van der Waals surface area contributed by atoms with Crippen molar-refractivity contribution in [3.8, 4) is 5.75 Å². The molecule has 0 saturated heterocycles. The van der Waals surface area contributed by atoms with Crippen molar-refractivity contribution in [3.05, 3.63) is 158 Å². The van der Waals surface area contributed by atoms with Gasteiger partial charge in [-0.25, -0.2) is 14.0 Å². The number of aliphatic carboxylic acids is 2. The van der Waals surface area contributed by atoms with E-state index in [1.165, 1.54) is 28.8 Å². The van der Waals surface area contributed by atoms with Crippen LogP contribution < -0.4 is 10.1 Å². The Hall–Kier alpha value is -4.32. The average Bonchev–Trinajstić information content (AvgIpc) is 3.18. The highest BCUT2D eigenvalue weighted by molar-refractivity contribution is 9.10. The number of halogens is 4. The molecule has 0 aromatic heterocycles. The largest absolute Gasteiger partial charge is 0.493 e. The Balaban J connectivity index is 0.000000260. The third-order valence-corrected chi connectivity index (χ3v) is 10.3. The van der Waals surface area contributed by atoms with Crippen LogP contribution in [0.25, 0.3) is 0 Å². The summed E-state index contributed by atoms with van der Waals surface area (Å²) in [7, 11) is 4.12. The van der Waals surface area contributed by atoms with Crippen LogP contribution in [0.4, 0.5) is 4.39 Å². The predicted molar refractivity (Wildman–Crippen MR) is 226 cm³/mol. The Bertz CT molecular complexity index is 1930. The molecule has 0 aliphatic heterocycles. The van der Waals surface area contributed by atoms with Crippen LogP contribution in [-0.2, 0) is 9.59 Å². The van der Waals surface area contributed by atoms with Gasteiger partial charge in [0.1, 0.15) is 11.6 Å². The lowest BCUT2D eigenvalue weighted by molar-refractivity contribution is -0.134. The molecule has 0 bridgehead atoms. The first kappa shape index (κ1) is 46.1. The first-order valence-electron chi connectivity index (χ1n) is 18.2. The molecule has 4 aromatic carbocycles. The number of ketones is 1. The Labute approximate surface area is 347 Å². The van der Waals surface area contributed by atoms with Gasteiger partial charge < -0.3 is 25.2 Å². The molecule has 12 heteroatoms. The molecule has 0 saturated carbocycles. The molecule has 5 rings (SSSR count). The number of unbranched alkanes of at least 4 members (excludes halogenated alkanes) is 3. The van der Waals surface area contributed by atoms with E-state index < -0.39 is 17.8 Å². The standard InChI is InChI=1S/C23H27BrFNO2.C17H17Cl2N.C4H4O4/c1-3-14-26(2)15-6-4-5-7-16-28-20-12-13-21(22(25)17-20)23(27)18-8-10-19(24)11-9-18;1-20-17-9-7-12(13-4-2-3-5-14(13)17)11-6-8-15(18)16(19)10-11;5-3(6)1-2-4(7)8/h3,8-13,17H,1,4-7,14-16H2,2H3;2-6,8,10,12,17,20H,7,9H2,1H3;1-2H,(H,5,6)(H,7,8)/b;;2-1+/t;12-,17-;/m.0./s1.